The molecule has 3 unspecified atom stereocenters. The van der Waals surface area contributed by atoms with Crippen LogP contribution in [0.5, 0.6) is 0 Å². The van der Waals surface area contributed by atoms with Crippen LogP contribution >= 0.6 is 11.8 Å². The van der Waals surface area contributed by atoms with Crippen molar-refractivity contribution >= 4 is 11.8 Å². The molecule has 2 rings (SSSR count). The van der Waals surface area contributed by atoms with Gasteiger partial charge in [-0.1, -0.05) is 0 Å². The second kappa shape index (κ2) is 4.86. The van der Waals surface area contributed by atoms with Crippen LogP contribution in [-0.2, 0) is 0 Å². The Morgan fingerprint density at radius 3 is 2.57 bits per heavy atom. The molecular formula is C11H22N2S. The Hall–Kier alpha value is 0.270. The number of hydrogen-bond acceptors (Lipinski definition) is 3. The van der Waals surface area contributed by atoms with Gasteiger partial charge in [-0.2, -0.15) is 11.8 Å². The van der Waals surface area contributed by atoms with Gasteiger partial charge in [0.2, 0.25) is 0 Å². The van der Waals surface area contributed by atoms with Gasteiger partial charge in [0, 0.05) is 31.7 Å². The molecule has 0 amide bonds. The van der Waals surface area contributed by atoms with Gasteiger partial charge in [-0.25, -0.2) is 0 Å². The van der Waals surface area contributed by atoms with Crippen LogP contribution in [0.4, 0.5) is 0 Å². The van der Waals surface area contributed by atoms with E-state index in [4.69, 9.17) is 0 Å². The van der Waals surface area contributed by atoms with Gasteiger partial charge in [0.15, 0.2) is 0 Å². The molecule has 1 N–H and O–H groups in total. The number of piperazine rings is 1. The van der Waals surface area contributed by atoms with Gasteiger partial charge in [0.25, 0.3) is 0 Å². The lowest BCUT2D eigenvalue weighted by atomic mass is 10.1. The molecule has 2 aliphatic heterocycles. The lowest BCUT2D eigenvalue weighted by Gasteiger charge is -2.37. The molecule has 2 saturated heterocycles. The van der Waals surface area contributed by atoms with E-state index in [-0.39, 0.29) is 0 Å². The third-order valence-corrected chi connectivity index (χ3v) is 4.41. The molecule has 0 aromatic carbocycles. The van der Waals surface area contributed by atoms with Crippen molar-refractivity contribution in [3.05, 3.63) is 0 Å². The molecule has 2 heterocycles. The summed E-state index contributed by atoms with van der Waals surface area (Å²) in [6, 6.07) is 1.35. The summed E-state index contributed by atoms with van der Waals surface area (Å²) >= 11 is 2.13. The second-order valence-corrected chi connectivity index (χ2v) is 6.07. The van der Waals surface area contributed by atoms with Crippen LogP contribution in [0, 0.1) is 5.92 Å². The smallest absolute Gasteiger partial charge is 0.0169 e. The van der Waals surface area contributed by atoms with Gasteiger partial charge in [-0.3, -0.25) is 4.90 Å². The number of nitrogens with zero attached hydrogens (tertiary/aromatic N) is 1. The maximum atomic E-state index is 3.59. The number of rotatable bonds is 2. The average Bonchev–Trinajstić information content (AvgIpc) is 2.54. The first kappa shape index (κ1) is 10.8. The van der Waals surface area contributed by atoms with Crippen molar-refractivity contribution in [3.8, 4) is 0 Å². The minimum absolute atomic E-state index is 0.674. The van der Waals surface area contributed by atoms with Crippen LogP contribution < -0.4 is 5.32 Å². The lowest BCUT2D eigenvalue weighted by molar-refractivity contribution is 0.155. The van der Waals surface area contributed by atoms with Crippen LogP contribution in [0.15, 0.2) is 0 Å². The van der Waals surface area contributed by atoms with Crippen molar-refractivity contribution in [1.29, 1.82) is 0 Å². The molecule has 0 aromatic rings. The van der Waals surface area contributed by atoms with Crippen LogP contribution in [0.25, 0.3) is 0 Å². The molecule has 82 valence electrons. The van der Waals surface area contributed by atoms with Crippen molar-refractivity contribution in [2.75, 3.05) is 31.1 Å². The minimum atomic E-state index is 0.674. The molecule has 3 atom stereocenters. The Bertz CT molecular complexity index is 170. The second-order valence-electron chi connectivity index (χ2n) is 4.92. The summed E-state index contributed by atoms with van der Waals surface area (Å²) in [5.74, 6) is 3.76. The fraction of sp³-hybridized carbons (Fsp3) is 1.00. The predicted octanol–water partition coefficient (Wildman–Crippen LogP) is 1.42. The van der Waals surface area contributed by atoms with Crippen molar-refractivity contribution in [2.24, 2.45) is 5.92 Å². The maximum absolute atomic E-state index is 3.59. The molecule has 14 heavy (non-hydrogen) atoms. The summed E-state index contributed by atoms with van der Waals surface area (Å²) in [7, 11) is 0. The summed E-state index contributed by atoms with van der Waals surface area (Å²) < 4.78 is 0. The zero-order valence-corrected chi connectivity index (χ0v) is 10.1. The Kier molecular flexibility index (Phi) is 3.74. The first-order valence-corrected chi connectivity index (χ1v) is 6.95. The first-order valence-electron chi connectivity index (χ1n) is 5.80. The Morgan fingerprint density at radius 1 is 1.29 bits per heavy atom. The SMILES string of the molecule is CC1CN(CC2CCSC2)CC(C)N1. The van der Waals surface area contributed by atoms with Crippen LogP contribution in [-0.4, -0.2) is 48.1 Å². The fourth-order valence-electron chi connectivity index (χ4n) is 2.68. The van der Waals surface area contributed by atoms with Crippen molar-refractivity contribution in [3.63, 3.8) is 0 Å². The molecular weight excluding hydrogens is 192 g/mol. The molecule has 0 spiro atoms. The Morgan fingerprint density at radius 2 is 2.00 bits per heavy atom. The predicted molar refractivity (Wildman–Crippen MR) is 63.9 cm³/mol. The van der Waals surface area contributed by atoms with E-state index in [2.05, 4.69) is 35.8 Å². The van der Waals surface area contributed by atoms with Crippen LogP contribution in [0.3, 0.4) is 0 Å². The van der Waals surface area contributed by atoms with E-state index in [1.807, 2.05) is 0 Å². The molecule has 2 aliphatic rings. The van der Waals surface area contributed by atoms with E-state index < -0.39 is 0 Å². The van der Waals surface area contributed by atoms with Gasteiger partial charge >= 0.3 is 0 Å². The molecule has 2 nitrogen and oxygen atoms in total. The summed E-state index contributed by atoms with van der Waals surface area (Å²) in [5.41, 5.74) is 0. The number of thioether (sulfide) groups is 1. The molecule has 0 saturated carbocycles. The van der Waals surface area contributed by atoms with Gasteiger partial charge in [0.1, 0.15) is 0 Å². The molecule has 2 fully saturated rings. The van der Waals surface area contributed by atoms with E-state index in [0.29, 0.717) is 12.1 Å². The highest BCUT2D eigenvalue weighted by atomic mass is 32.2. The quantitative estimate of drug-likeness (QED) is 0.748. The topological polar surface area (TPSA) is 15.3 Å². The lowest BCUT2D eigenvalue weighted by Crippen LogP contribution is -2.55. The standard InChI is InChI=1S/C11H22N2S/c1-9-5-13(6-10(2)12-9)7-11-3-4-14-8-11/h9-12H,3-8H2,1-2H3. The van der Waals surface area contributed by atoms with Gasteiger partial charge in [-0.05, 0) is 37.7 Å². The van der Waals surface area contributed by atoms with E-state index in [9.17, 15) is 0 Å². The first-order chi connectivity index (χ1) is 6.74. The van der Waals surface area contributed by atoms with E-state index in [1.165, 1.54) is 37.6 Å². The van der Waals surface area contributed by atoms with Crippen molar-refractivity contribution in [1.82, 2.24) is 10.2 Å². The molecule has 3 heteroatoms. The third kappa shape index (κ3) is 2.88. The highest BCUT2D eigenvalue weighted by Crippen LogP contribution is 2.24. The van der Waals surface area contributed by atoms with E-state index in [0.717, 1.165) is 5.92 Å². The summed E-state index contributed by atoms with van der Waals surface area (Å²) in [4.78, 5) is 2.66. The van der Waals surface area contributed by atoms with Crippen molar-refractivity contribution in [2.45, 2.75) is 32.4 Å². The fourth-order valence-corrected chi connectivity index (χ4v) is 3.95. The average molecular weight is 214 g/mol. The monoisotopic (exact) mass is 214 g/mol. The largest absolute Gasteiger partial charge is 0.309 e. The summed E-state index contributed by atoms with van der Waals surface area (Å²) in [5, 5.41) is 3.59. The molecule has 0 aliphatic carbocycles. The normalized spacial score (nSPS) is 40.3. The molecule has 0 bridgehead atoms. The van der Waals surface area contributed by atoms with Gasteiger partial charge in [-0.15, -0.1) is 0 Å². The summed E-state index contributed by atoms with van der Waals surface area (Å²) in [6.07, 6.45) is 1.44. The van der Waals surface area contributed by atoms with Crippen LogP contribution in [0.1, 0.15) is 20.3 Å². The van der Waals surface area contributed by atoms with Crippen molar-refractivity contribution < 1.29 is 0 Å². The third-order valence-electron chi connectivity index (χ3n) is 3.17. The summed E-state index contributed by atoms with van der Waals surface area (Å²) in [6.45, 7) is 8.42. The Balaban J connectivity index is 1.78. The highest BCUT2D eigenvalue weighted by Gasteiger charge is 2.24. The maximum Gasteiger partial charge on any atom is 0.0169 e. The zero-order chi connectivity index (χ0) is 9.97. The number of hydrogen-bond donors (Lipinski definition) is 1. The van der Waals surface area contributed by atoms with Gasteiger partial charge in [0.05, 0.1) is 0 Å². The van der Waals surface area contributed by atoms with Crippen LogP contribution in [0.2, 0.25) is 0 Å². The highest BCUT2D eigenvalue weighted by molar-refractivity contribution is 7.99. The van der Waals surface area contributed by atoms with Gasteiger partial charge < -0.3 is 5.32 Å². The number of nitrogens with one attached hydrogen (secondary N) is 1. The molecule has 0 aromatic heterocycles. The Labute approximate surface area is 91.8 Å². The van der Waals surface area contributed by atoms with E-state index >= 15 is 0 Å². The van der Waals surface area contributed by atoms with E-state index in [1.54, 1.807) is 0 Å². The minimum Gasteiger partial charge on any atom is -0.309 e. The molecule has 0 radical (unpaired) electrons. The zero-order valence-electron chi connectivity index (χ0n) is 9.33.